The molecule has 0 aliphatic carbocycles. The number of fused-ring (bicyclic) bond motifs is 1. The molecule has 36 heavy (non-hydrogen) atoms. The molecule has 0 saturated heterocycles. The number of carbonyl (C=O) groups is 2. The van der Waals surface area contributed by atoms with E-state index < -0.39 is 5.54 Å². The van der Waals surface area contributed by atoms with Gasteiger partial charge in [0, 0.05) is 30.7 Å². The van der Waals surface area contributed by atoms with Crippen molar-refractivity contribution in [2.45, 2.75) is 46.3 Å². The number of nitrogens with one attached hydrogen (secondary N) is 1. The van der Waals surface area contributed by atoms with Crippen molar-refractivity contribution in [1.29, 1.82) is 0 Å². The maximum atomic E-state index is 13.9. The molecule has 0 spiro atoms. The van der Waals surface area contributed by atoms with Crippen molar-refractivity contribution in [3.05, 3.63) is 71.0 Å². The van der Waals surface area contributed by atoms with Crippen molar-refractivity contribution in [3.63, 3.8) is 0 Å². The van der Waals surface area contributed by atoms with Gasteiger partial charge < -0.3 is 19.7 Å². The number of halogens is 1. The molecular weight excluding hydrogens is 459 g/mol. The summed E-state index contributed by atoms with van der Waals surface area (Å²) in [5, 5.41) is 3.34. The number of nitrogens with zero attached hydrogens (tertiary/aromatic N) is 1. The van der Waals surface area contributed by atoms with E-state index in [1.807, 2.05) is 51.1 Å². The number of Topliss-reactive ketones (excluding diaryl/α,β-unsaturated/α-hetero) is 1. The van der Waals surface area contributed by atoms with Crippen LogP contribution < -0.4 is 19.7 Å². The largest absolute Gasteiger partial charge is 0.496 e. The number of ketones is 1. The fourth-order valence-electron chi connectivity index (χ4n) is 4.66. The van der Waals surface area contributed by atoms with E-state index in [0.717, 1.165) is 33.5 Å². The van der Waals surface area contributed by atoms with Crippen LogP contribution in [0.15, 0.2) is 48.5 Å². The first-order valence-electron chi connectivity index (χ1n) is 11.8. The molecule has 0 aromatic heterocycles. The van der Waals surface area contributed by atoms with Crippen LogP contribution in [0.3, 0.4) is 0 Å². The highest BCUT2D eigenvalue weighted by atomic mass is 19.1. The number of aryl methyl sites for hydroxylation is 1. The summed E-state index contributed by atoms with van der Waals surface area (Å²) >= 11 is 0. The van der Waals surface area contributed by atoms with Gasteiger partial charge in [0.05, 0.1) is 18.5 Å². The first kappa shape index (κ1) is 25.2. The monoisotopic (exact) mass is 490 g/mol. The van der Waals surface area contributed by atoms with Gasteiger partial charge in [-0.1, -0.05) is 24.3 Å². The van der Waals surface area contributed by atoms with Gasteiger partial charge in [-0.2, -0.15) is 0 Å². The lowest BCUT2D eigenvalue weighted by molar-refractivity contribution is -0.122. The van der Waals surface area contributed by atoms with E-state index in [1.165, 1.54) is 12.1 Å². The van der Waals surface area contributed by atoms with E-state index in [-0.39, 0.29) is 24.1 Å². The number of rotatable bonds is 7. The maximum absolute atomic E-state index is 13.9. The zero-order valence-electron chi connectivity index (χ0n) is 21.5. The number of anilines is 2. The molecule has 1 aliphatic rings. The molecule has 1 amide bonds. The topological polar surface area (TPSA) is 67.9 Å². The predicted octanol–water partition coefficient (Wildman–Crippen LogP) is 5.69. The van der Waals surface area contributed by atoms with Gasteiger partial charge in [-0.05, 0) is 62.6 Å². The second kappa shape index (κ2) is 9.64. The smallest absolute Gasteiger partial charge is 0.251 e. The van der Waals surface area contributed by atoms with Crippen LogP contribution in [0.4, 0.5) is 15.8 Å². The van der Waals surface area contributed by atoms with Crippen LogP contribution in [0, 0.1) is 12.7 Å². The van der Waals surface area contributed by atoms with Crippen molar-refractivity contribution in [2.75, 3.05) is 24.4 Å². The second-order valence-corrected chi connectivity index (χ2v) is 9.71. The molecular formula is C29H31FN2O4. The lowest BCUT2D eigenvalue weighted by Gasteiger charge is -2.39. The second-order valence-electron chi connectivity index (χ2n) is 9.71. The van der Waals surface area contributed by atoms with E-state index in [9.17, 15) is 14.0 Å². The summed E-state index contributed by atoms with van der Waals surface area (Å²) in [6.07, 6.45) is 0.311. The standard InChI is InChI=1S/C29H31FN2O4/c1-17-7-9-20(30)15-25(17)36-16-23-21(22-10-8-19(13-18(2)33)14-26(22)35-6)11-12-24-27(23)32(5)28(34)29(3,4)31-24/h7-12,14-15,31H,13,16H2,1-6H3. The van der Waals surface area contributed by atoms with Gasteiger partial charge in [0.15, 0.2) is 0 Å². The van der Waals surface area contributed by atoms with Gasteiger partial charge >= 0.3 is 0 Å². The Morgan fingerprint density at radius 2 is 1.78 bits per heavy atom. The number of ether oxygens (including phenoxy) is 2. The normalized spacial score (nSPS) is 14.2. The highest BCUT2D eigenvalue weighted by Crippen LogP contribution is 2.44. The van der Waals surface area contributed by atoms with Crippen LogP contribution in [0.1, 0.15) is 37.5 Å². The van der Waals surface area contributed by atoms with Gasteiger partial charge in [-0.3, -0.25) is 9.59 Å². The highest BCUT2D eigenvalue weighted by molar-refractivity contribution is 6.08. The van der Waals surface area contributed by atoms with Crippen molar-refractivity contribution < 1.29 is 23.5 Å². The Bertz CT molecular complexity index is 1350. The third-order valence-corrected chi connectivity index (χ3v) is 6.44. The summed E-state index contributed by atoms with van der Waals surface area (Å²) < 4.78 is 25.8. The summed E-state index contributed by atoms with van der Waals surface area (Å²) in [5.74, 6) is 0.630. The van der Waals surface area contributed by atoms with Gasteiger partial charge in [0.25, 0.3) is 5.91 Å². The number of methoxy groups -OCH3 is 1. The number of likely N-dealkylation sites (N-methyl/N-ethyl adjacent to an activating group) is 1. The Hall–Kier alpha value is -3.87. The summed E-state index contributed by atoms with van der Waals surface area (Å²) in [5.41, 5.74) is 4.75. The molecule has 0 radical (unpaired) electrons. The molecule has 6 nitrogen and oxygen atoms in total. The first-order valence-corrected chi connectivity index (χ1v) is 11.8. The molecule has 3 aromatic carbocycles. The molecule has 188 valence electrons. The minimum Gasteiger partial charge on any atom is -0.496 e. The van der Waals surface area contributed by atoms with Crippen LogP contribution >= 0.6 is 0 Å². The first-order chi connectivity index (χ1) is 17.0. The van der Waals surface area contributed by atoms with Gasteiger partial charge in [-0.15, -0.1) is 0 Å². The van der Waals surface area contributed by atoms with E-state index in [4.69, 9.17) is 9.47 Å². The lowest BCUT2D eigenvalue weighted by Crippen LogP contribution is -2.52. The third-order valence-electron chi connectivity index (χ3n) is 6.44. The molecule has 0 fully saturated rings. The van der Waals surface area contributed by atoms with Gasteiger partial charge in [-0.25, -0.2) is 4.39 Å². The SMILES string of the molecule is COc1cc(CC(C)=O)ccc1-c1ccc2c(c1COc1cc(F)ccc1C)N(C)C(=O)C(C)(C)N2. The number of carbonyl (C=O) groups excluding carboxylic acids is 2. The molecule has 7 heteroatoms. The number of hydrogen-bond acceptors (Lipinski definition) is 5. The summed E-state index contributed by atoms with van der Waals surface area (Å²) in [7, 11) is 3.33. The van der Waals surface area contributed by atoms with Crippen LogP contribution in [0.2, 0.25) is 0 Å². The Kier molecular flexibility index (Phi) is 6.76. The molecule has 3 aromatic rings. The van der Waals surface area contributed by atoms with Crippen LogP contribution in [-0.4, -0.2) is 31.4 Å². The van der Waals surface area contributed by atoms with E-state index in [0.29, 0.717) is 23.6 Å². The Labute approximate surface area is 211 Å². The van der Waals surface area contributed by atoms with Gasteiger partial charge in [0.1, 0.15) is 35.2 Å². The van der Waals surface area contributed by atoms with Crippen molar-refractivity contribution in [2.24, 2.45) is 0 Å². The number of benzene rings is 3. The Morgan fingerprint density at radius 1 is 1.06 bits per heavy atom. The number of hydrogen-bond donors (Lipinski definition) is 1. The molecule has 1 heterocycles. The molecule has 4 rings (SSSR count). The molecule has 0 atom stereocenters. The summed E-state index contributed by atoms with van der Waals surface area (Å²) in [4.78, 5) is 26.5. The van der Waals surface area contributed by atoms with Crippen molar-refractivity contribution >= 4 is 23.1 Å². The van der Waals surface area contributed by atoms with E-state index >= 15 is 0 Å². The van der Waals surface area contributed by atoms with Crippen molar-refractivity contribution in [1.82, 2.24) is 0 Å². The zero-order chi connectivity index (χ0) is 26.2. The number of amides is 1. The lowest BCUT2D eigenvalue weighted by atomic mass is 9.91. The maximum Gasteiger partial charge on any atom is 0.251 e. The minimum atomic E-state index is -0.771. The molecule has 0 unspecified atom stereocenters. The zero-order valence-corrected chi connectivity index (χ0v) is 21.5. The average molecular weight is 491 g/mol. The third kappa shape index (κ3) is 4.78. The highest BCUT2D eigenvalue weighted by Gasteiger charge is 2.38. The van der Waals surface area contributed by atoms with Crippen LogP contribution in [-0.2, 0) is 22.6 Å². The fourth-order valence-corrected chi connectivity index (χ4v) is 4.66. The fraction of sp³-hybridized carbons (Fsp3) is 0.310. The van der Waals surface area contributed by atoms with E-state index in [1.54, 1.807) is 32.0 Å². The van der Waals surface area contributed by atoms with Crippen molar-refractivity contribution in [3.8, 4) is 22.6 Å². The summed E-state index contributed by atoms with van der Waals surface area (Å²) in [6, 6.07) is 14.0. The average Bonchev–Trinajstić information content (AvgIpc) is 2.82. The van der Waals surface area contributed by atoms with Crippen LogP contribution in [0.25, 0.3) is 11.1 Å². The quantitative estimate of drug-likeness (QED) is 0.461. The molecule has 0 saturated carbocycles. The molecule has 1 aliphatic heterocycles. The summed E-state index contributed by atoms with van der Waals surface area (Å²) in [6.45, 7) is 7.18. The Balaban J connectivity index is 1.87. The van der Waals surface area contributed by atoms with E-state index in [2.05, 4.69) is 5.32 Å². The predicted molar refractivity (Wildman–Crippen MR) is 139 cm³/mol. The molecule has 1 N–H and O–H groups in total. The van der Waals surface area contributed by atoms with Crippen LogP contribution in [0.5, 0.6) is 11.5 Å². The Morgan fingerprint density at radius 3 is 2.47 bits per heavy atom. The minimum absolute atomic E-state index is 0.0620. The van der Waals surface area contributed by atoms with Gasteiger partial charge in [0.2, 0.25) is 0 Å². The molecule has 0 bridgehead atoms.